The van der Waals surface area contributed by atoms with Gasteiger partial charge in [0.05, 0.1) is 17.1 Å². The molecule has 0 spiro atoms. The zero-order valence-corrected chi connectivity index (χ0v) is 10.5. The maximum absolute atomic E-state index is 11.9. The molecule has 0 unspecified atom stereocenters. The molecule has 5 heteroatoms. The molecule has 1 aromatic carbocycles. The minimum Gasteiger partial charge on any atom is -0.481 e. The molecule has 0 fully saturated rings. The number of hydrogen-bond acceptors (Lipinski definition) is 3. The summed E-state index contributed by atoms with van der Waals surface area (Å²) in [5.41, 5.74) is 0.509. The van der Waals surface area contributed by atoms with Crippen molar-refractivity contribution in [3.8, 4) is 0 Å². The Labute approximate surface area is 101 Å². The molecular formula is C12H16O4S. The first-order chi connectivity index (χ1) is 7.95. The molecule has 0 amide bonds. The van der Waals surface area contributed by atoms with Gasteiger partial charge in [0.2, 0.25) is 0 Å². The lowest BCUT2D eigenvalue weighted by Crippen LogP contribution is -2.08. The molecule has 1 N–H and O–H groups in total. The van der Waals surface area contributed by atoms with Crippen LogP contribution in [-0.2, 0) is 21.1 Å². The monoisotopic (exact) mass is 256 g/mol. The second kappa shape index (κ2) is 5.82. The number of unbranched alkanes of at least 4 members (excludes halogenated alkanes) is 1. The second-order valence-electron chi connectivity index (χ2n) is 3.89. The fourth-order valence-corrected chi connectivity index (χ4v) is 3.00. The van der Waals surface area contributed by atoms with Crippen LogP contribution < -0.4 is 0 Å². The van der Waals surface area contributed by atoms with Crippen LogP contribution in [0.15, 0.2) is 29.2 Å². The summed E-state index contributed by atoms with van der Waals surface area (Å²) in [4.78, 5) is 10.8. The Morgan fingerprint density at radius 2 is 2.06 bits per heavy atom. The van der Waals surface area contributed by atoms with Crippen molar-refractivity contribution >= 4 is 15.8 Å². The molecule has 0 aliphatic heterocycles. The van der Waals surface area contributed by atoms with Crippen LogP contribution in [0.1, 0.15) is 25.3 Å². The van der Waals surface area contributed by atoms with Crippen LogP contribution in [0.25, 0.3) is 0 Å². The highest BCUT2D eigenvalue weighted by Gasteiger charge is 2.14. The highest BCUT2D eigenvalue weighted by molar-refractivity contribution is 7.91. The van der Waals surface area contributed by atoms with E-state index in [1.165, 1.54) is 12.1 Å². The van der Waals surface area contributed by atoms with Gasteiger partial charge in [-0.1, -0.05) is 25.5 Å². The summed E-state index contributed by atoms with van der Waals surface area (Å²) >= 11 is 0. The van der Waals surface area contributed by atoms with Gasteiger partial charge in [-0.25, -0.2) is 8.42 Å². The molecule has 4 nitrogen and oxygen atoms in total. The molecule has 1 aromatic rings. The van der Waals surface area contributed by atoms with Crippen molar-refractivity contribution in [1.29, 1.82) is 0 Å². The number of carboxylic acid groups (broad SMARTS) is 1. The molecule has 94 valence electrons. The first-order valence-electron chi connectivity index (χ1n) is 5.49. The van der Waals surface area contributed by atoms with E-state index < -0.39 is 15.8 Å². The molecule has 0 bridgehead atoms. The highest BCUT2D eigenvalue weighted by atomic mass is 32.2. The van der Waals surface area contributed by atoms with Gasteiger partial charge in [-0.15, -0.1) is 0 Å². The molecule has 0 heterocycles. The van der Waals surface area contributed by atoms with E-state index in [4.69, 9.17) is 5.11 Å². The van der Waals surface area contributed by atoms with Crippen molar-refractivity contribution in [1.82, 2.24) is 0 Å². The summed E-state index contributed by atoms with van der Waals surface area (Å²) in [7, 11) is -3.27. The predicted octanol–water partition coefficient (Wildman–Crippen LogP) is 1.89. The van der Waals surface area contributed by atoms with Crippen molar-refractivity contribution in [2.24, 2.45) is 0 Å². The van der Waals surface area contributed by atoms with Crippen LogP contribution in [-0.4, -0.2) is 25.2 Å². The average Bonchev–Trinajstić information content (AvgIpc) is 2.26. The first kappa shape index (κ1) is 13.7. The summed E-state index contributed by atoms with van der Waals surface area (Å²) in [6, 6.07) is 6.15. The van der Waals surface area contributed by atoms with Crippen LogP contribution in [0, 0.1) is 0 Å². The quantitative estimate of drug-likeness (QED) is 0.843. The summed E-state index contributed by atoms with van der Waals surface area (Å²) in [5.74, 6) is -0.854. The number of rotatable bonds is 6. The number of carboxylic acids is 1. The third-order valence-corrected chi connectivity index (χ3v) is 4.18. The van der Waals surface area contributed by atoms with Crippen LogP contribution in [0.5, 0.6) is 0 Å². The highest BCUT2D eigenvalue weighted by Crippen LogP contribution is 2.15. The Balaban J connectivity index is 2.94. The minimum absolute atomic E-state index is 0.111. The third-order valence-electron chi connectivity index (χ3n) is 2.38. The van der Waals surface area contributed by atoms with E-state index in [0.717, 1.165) is 6.42 Å². The zero-order chi connectivity index (χ0) is 12.9. The number of benzene rings is 1. The Hall–Kier alpha value is -1.36. The van der Waals surface area contributed by atoms with Crippen molar-refractivity contribution in [2.45, 2.75) is 31.1 Å². The summed E-state index contributed by atoms with van der Waals surface area (Å²) < 4.78 is 23.8. The normalized spacial score (nSPS) is 11.4. The maximum atomic E-state index is 11.9. The summed E-state index contributed by atoms with van der Waals surface area (Å²) in [5, 5.41) is 8.65. The van der Waals surface area contributed by atoms with Gasteiger partial charge in [-0.05, 0) is 24.1 Å². The van der Waals surface area contributed by atoms with Crippen molar-refractivity contribution < 1.29 is 18.3 Å². The van der Waals surface area contributed by atoms with Crippen LogP contribution >= 0.6 is 0 Å². The minimum atomic E-state index is -3.27. The molecular weight excluding hydrogens is 240 g/mol. The third kappa shape index (κ3) is 4.19. The lowest BCUT2D eigenvalue weighted by atomic mass is 10.2. The van der Waals surface area contributed by atoms with E-state index in [2.05, 4.69) is 0 Å². The van der Waals surface area contributed by atoms with E-state index >= 15 is 0 Å². The Bertz CT molecular complexity index is 491. The van der Waals surface area contributed by atoms with Gasteiger partial charge in [0.15, 0.2) is 9.84 Å². The molecule has 17 heavy (non-hydrogen) atoms. The van der Waals surface area contributed by atoms with Gasteiger partial charge in [0.1, 0.15) is 0 Å². The van der Waals surface area contributed by atoms with Crippen molar-refractivity contribution in [2.75, 3.05) is 5.75 Å². The van der Waals surface area contributed by atoms with Crippen LogP contribution in [0.2, 0.25) is 0 Å². The molecule has 0 aliphatic rings. The SMILES string of the molecule is CCCCS(=O)(=O)c1cccc(CC(=O)O)c1. The number of carbonyl (C=O) groups is 1. The Kier molecular flexibility index (Phi) is 4.69. The van der Waals surface area contributed by atoms with Gasteiger partial charge in [-0.2, -0.15) is 0 Å². The molecule has 1 rings (SSSR count). The lowest BCUT2D eigenvalue weighted by Gasteiger charge is -2.05. The van der Waals surface area contributed by atoms with Crippen molar-refractivity contribution in [3.05, 3.63) is 29.8 Å². The van der Waals surface area contributed by atoms with E-state index in [1.54, 1.807) is 12.1 Å². The average molecular weight is 256 g/mol. The predicted molar refractivity (Wildman–Crippen MR) is 64.7 cm³/mol. The summed E-state index contributed by atoms with van der Waals surface area (Å²) in [6.07, 6.45) is 1.27. The van der Waals surface area contributed by atoms with E-state index in [9.17, 15) is 13.2 Å². The maximum Gasteiger partial charge on any atom is 0.307 e. The number of hydrogen-bond donors (Lipinski definition) is 1. The largest absolute Gasteiger partial charge is 0.481 e. The lowest BCUT2D eigenvalue weighted by molar-refractivity contribution is -0.136. The van der Waals surface area contributed by atoms with Gasteiger partial charge in [-0.3, -0.25) is 4.79 Å². The zero-order valence-electron chi connectivity index (χ0n) is 9.72. The Morgan fingerprint density at radius 3 is 2.65 bits per heavy atom. The first-order valence-corrected chi connectivity index (χ1v) is 7.14. The van der Waals surface area contributed by atoms with Gasteiger partial charge >= 0.3 is 5.97 Å². The van der Waals surface area contributed by atoms with E-state index in [0.29, 0.717) is 12.0 Å². The van der Waals surface area contributed by atoms with Gasteiger partial charge < -0.3 is 5.11 Å². The second-order valence-corrected chi connectivity index (χ2v) is 6.00. The number of sulfone groups is 1. The summed E-state index contributed by atoms with van der Waals surface area (Å²) in [6.45, 7) is 1.93. The fraction of sp³-hybridized carbons (Fsp3) is 0.417. The van der Waals surface area contributed by atoms with Crippen LogP contribution in [0.4, 0.5) is 0 Å². The molecule has 0 aliphatic carbocycles. The topological polar surface area (TPSA) is 71.4 Å². The van der Waals surface area contributed by atoms with Crippen LogP contribution in [0.3, 0.4) is 0 Å². The molecule has 0 aromatic heterocycles. The smallest absolute Gasteiger partial charge is 0.307 e. The number of aliphatic carboxylic acids is 1. The van der Waals surface area contributed by atoms with Crippen molar-refractivity contribution in [3.63, 3.8) is 0 Å². The fourth-order valence-electron chi connectivity index (χ4n) is 1.48. The standard InChI is InChI=1S/C12H16O4S/c1-2-3-7-17(15,16)11-6-4-5-10(8-11)9-12(13)14/h4-6,8H,2-3,7,9H2,1H3,(H,13,14). The van der Waals surface area contributed by atoms with E-state index in [1.807, 2.05) is 6.92 Å². The van der Waals surface area contributed by atoms with E-state index in [-0.39, 0.29) is 17.1 Å². The molecule has 0 saturated heterocycles. The van der Waals surface area contributed by atoms with Gasteiger partial charge in [0.25, 0.3) is 0 Å². The Morgan fingerprint density at radius 1 is 1.35 bits per heavy atom. The molecule has 0 saturated carbocycles. The molecule has 0 radical (unpaired) electrons. The molecule has 0 atom stereocenters. The van der Waals surface area contributed by atoms with Gasteiger partial charge in [0, 0.05) is 0 Å².